The van der Waals surface area contributed by atoms with E-state index < -0.39 is 9.84 Å². The third-order valence-electron chi connectivity index (χ3n) is 7.04. The van der Waals surface area contributed by atoms with E-state index in [2.05, 4.69) is 76.8 Å². The van der Waals surface area contributed by atoms with Gasteiger partial charge in [-0.15, -0.1) is 0 Å². The lowest BCUT2D eigenvalue weighted by molar-refractivity contribution is -0.136. The quantitative estimate of drug-likeness (QED) is 0.559. The Morgan fingerprint density at radius 2 is 1.74 bits per heavy atom. The van der Waals surface area contributed by atoms with E-state index in [9.17, 15) is 13.2 Å². The van der Waals surface area contributed by atoms with Gasteiger partial charge in [-0.3, -0.25) is 4.79 Å². The molecule has 1 aromatic carbocycles. The Morgan fingerprint density at radius 3 is 2.23 bits per heavy atom. The molecule has 31 heavy (non-hydrogen) atoms. The van der Waals surface area contributed by atoms with Gasteiger partial charge in [-0.2, -0.15) is 0 Å². The summed E-state index contributed by atoms with van der Waals surface area (Å²) in [6.07, 6.45) is 2.73. The monoisotopic (exact) mass is 446 g/mol. The highest BCUT2D eigenvalue weighted by Crippen LogP contribution is 2.60. The molecule has 5 nitrogen and oxygen atoms in total. The van der Waals surface area contributed by atoms with Crippen molar-refractivity contribution in [1.29, 1.82) is 0 Å². The molecular formula is C25H38N2O3S. The van der Waals surface area contributed by atoms with Gasteiger partial charge in [-0.25, -0.2) is 8.42 Å². The van der Waals surface area contributed by atoms with Gasteiger partial charge >= 0.3 is 0 Å². The average molecular weight is 447 g/mol. The lowest BCUT2D eigenvalue weighted by Gasteiger charge is -2.29. The first kappa shape index (κ1) is 23.8. The van der Waals surface area contributed by atoms with Crippen molar-refractivity contribution in [2.45, 2.75) is 60.5 Å². The summed E-state index contributed by atoms with van der Waals surface area (Å²) in [6, 6.07) is 8.11. The minimum Gasteiger partial charge on any atom is -0.372 e. The third kappa shape index (κ3) is 5.16. The molecule has 0 aromatic heterocycles. The van der Waals surface area contributed by atoms with Gasteiger partial charge in [0.1, 0.15) is 0 Å². The van der Waals surface area contributed by atoms with Crippen LogP contribution >= 0.6 is 0 Å². The minimum atomic E-state index is -3.07. The Balaban J connectivity index is 1.84. The predicted molar refractivity (Wildman–Crippen MR) is 128 cm³/mol. The molecule has 172 valence electrons. The largest absolute Gasteiger partial charge is 0.372 e. The molecule has 1 saturated carbocycles. The number of carbonyl (C=O) groups is 1. The zero-order valence-electron chi connectivity index (χ0n) is 19.9. The molecule has 1 heterocycles. The van der Waals surface area contributed by atoms with Crippen LogP contribution in [0.2, 0.25) is 0 Å². The molecule has 1 saturated heterocycles. The number of benzene rings is 1. The van der Waals surface area contributed by atoms with Crippen molar-refractivity contribution < 1.29 is 13.2 Å². The standard InChI is InChI=1S/C25H38N2O3S/c1-7-26(8-2)20-11-9-19(10-12-20)16-27(21-13-14-31(29,30)17-21)24(28)23-22(15-18(3)4)25(23,5)6/h9-12,15,21-23H,7-8,13-14,16-17H2,1-6H3/t21-,22+,23+/m1/s1. The Morgan fingerprint density at radius 1 is 1.13 bits per heavy atom. The molecule has 2 fully saturated rings. The zero-order valence-corrected chi connectivity index (χ0v) is 20.7. The van der Waals surface area contributed by atoms with Gasteiger partial charge in [0.2, 0.25) is 5.91 Å². The van der Waals surface area contributed by atoms with Gasteiger partial charge in [-0.1, -0.05) is 37.6 Å². The second kappa shape index (κ2) is 8.97. The molecule has 0 N–H and O–H groups in total. The first-order valence-electron chi connectivity index (χ1n) is 11.5. The summed E-state index contributed by atoms with van der Waals surface area (Å²) in [5.41, 5.74) is 3.35. The Hall–Kier alpha value is -1.82. The van der Waals surface area contributed by atoms with E-state index in [1.54, 1.807) is 0 Å². The van der Waals surface area contributed by atoms with Crippen molar-refractivity contribution >= 4 is 21.4 Å². The summed E-state index contributed by atoms with van der Waals surface area (Å²) in [4.78, 5) is 17.8. The first-order chi connectivity index (χ1) is 14.5. The number of hydrogen-bond donors (Lipinski definition) is 0. The number of allylic oxidation sites excluding steroid dienone is 2. The molecule has 3 atom stereocenters. The van der Waals surface area contributed by atoms with Crippen molar-refractivity contribution in [2.75, 3.05) is 29.5 Å². The highest BCUT2D eigenvalue weighted by atomic mass is 32.2. The number of amides is 1. The summed E-state index contributed by atoms with van der Waals surface area (Å²) < 4.78 is 24.4. The fraction of sp³-hybridized carbons (Fsp3) is 0.640. The van der Waals surface area contributed by atoms with Gasteiger partial charge in [0.05, 0.1) is 17.4 Å². The number of rotatable bonds is 8. The fourth-order valence-corrected chi connectivity index (χ4v) is 6.73. The SMILES string of the molecule is CCN(CC)c1ccc(CN(C(=O)[C@@H]2[C@H](C=C(C)C)C2(C)C)[C@@H]2CCS(=O)(=O)C2)cc1. The molecule has 1 aliphatic carbocycles. The van der Waals surface area contributed by atoms with Gasteiger partial charge in [0.25, 0.3) is 0 Å². The van der Waals surface area contributed by atoms with Gasteiger partial charge in [-0.05, 0) is 63.1 Å². The normalized spacial score (nSPS) is 25.7. The first-order valence-corrected chi connectivity index (χ1v) is 13.3. The van der Waals surface area contributed by atoms with E-state index in [4.69, 9.17) is 0 Å². The number of sulfone groups is 1. The topological polar surface area (TPSA) is 57.7 Å². The second-order valence-electron chi connectivity index (χ2n) is 9.93. The minimum absolute atomic E-state index is 0.0801. The van der Waals surface area contributed by atoms with E-state index in [0.29, 0.717) is 13.0 Å². The van der Waals surface area contributed by atoms with Crippen molar-refractivity contribution in [3.8, 4) is 0 Å². The number of carbonyl (C=O) groups excluding carboxylic acids is 1. The van der Waals surface area contributed by atoms with Crippen LogP contribution < -0.4 is 4.90 Å². The number of nitrogens with zero attached hydrogens (tertiary/aromatic N) is 2. The summed E-state index contributed by atoms with van der Waals surface area (Å²) in [5.74, 6) is 0.489. The Kier molecular flexibility index (Phi) is 6.90. The van der Waals surface area contributed by atoms with Crippen molar-refractivity contribution in [3.05, 3.63) is 41.5 Å². The van der Waals surface area contributed by atoms with Crippen molar-refractivity contribution in [1.82, 2.24) is 4.90 Å². The summed E-state index contributed by atoms with van der Waals surface area (Å²) in [7, 11) is -3.07. The molecule has 0 spiro atoms. The van der Waals surface area contributed by atoms with Crippen LogP contribution in [0.1, 0.15) is 53.5 Å². The van der Waals surface area contributed by atoms with Crippen molar-refractivity contribution in [3.63, 3.8) is 0 Å². The number of hydrogen-bond acceptors (Lipinski definition) is 4. The second-order valence-corrected chi connectivity index (χ2v) is 12.2. The van der Waals surface area contributed by atoms with E-state index in [1.807, 2.05) is 4.90 Å². The zero-order chi connectivity index (χ0) is 23.0. The highest BCUT2D eigenvalue weighted by molar-refractivity contribution is 7.91. The van der Waals surface area contributed by atoms with E-state index in [0.717, 1.165) is 18.7 Å². The van der Waals surface area contributed by atoms with Crippen LogP contribution in [0.3, 0.4) is 0 Å². The van der Waals surface area contributed by atoms with Crippen molar-refractivity contribution in [2.24, 2.45) is 17.3 Å². The average Bonchev–Trinajstić information content (AvgIpc) is 3.02. The summed E-state index contributed by atoms with van der Waals surface area (Å²) in [6.45, 7) is 15.0. The highest BCUT2D eigenvalue weighted by Gasteiger charge is 2.61. The summed E-state index contributed by atoms with van der Waals surface area (Å²) >= 11 is 0. The maximum atomic E-state index is 13.7. The van der Waals surface area contributed by atoms with Crippen LogP contribution in [0.4, 0.5) is 5.69 Å². The van der Waals surface area contributed by atoms with Crippen LogP contribution in [-0.4, -0.2) is 49.9 Å². The van der Waals surface area contributed by atoms with Crippen LogP contribution in [0.25, 0.3) is 0 Å². The lowest BCUT2D eigenvalue weighted by Crippen LogP contribution is -2.42. The molecule has 0 bridgehead atoms. The molecule has 1 amide bonds. The van der Waals surface area contributed by atoms with Gasteiger partial charge < -0.3 is 9.80 Å². The molecule has 2 aliphatic rings. The van der Waals surface area contributed by atoms with Crippen LogP contribution in [0, 0.1) is 17.3 Å². The molecular weight excluding hydrogens is 408 g/mol. The molecule has 3 rings (SSSR count). The maximum absolute atomic E-state index is 13.7. The van der Waals surface area contributed by atoms with Crippen LogP contribution in [0.15, 0.2) is 35.9 Å². The molecule has 0 unspecified atom stereocenters. The van der Waals surface area contributed by atoms with E-state index in [1.165, 1.54) is 11.3 Å². The Labute approximate surface area is 188 Å². The maximum Gasteiger partial charge on any atom is 0.227 e. The van der Waals surface area contributed by atoms with Crippen LogP contribution in [0.5, 0.6) is 0 Å². The Bertz CT molecular complexity index is 926. The van der Waals surface area contributed by atoms with E-state index >= 15 is 0 Å². The molecule has 0 radical (unpaired) electrons. The predicted octanol–water partition coefficient (Wildman–Crippen LogP) is 4.29. The molecule has 1 aromatic rings. The van der Waals surface area contributed by atoms with E-state index in [-0.39, 0.29) is 40.7 Å². The molecule has 1 aliphatic heterocycles. The third-order valence-corrected chi connectivity index (χ3v) is 8.79. The van der Waals surface area contributed by atoms with Gasteiger partial charge in [0.15, 0.2) is 9.84 Å². The van der Waals surface area contributed by atoms with Crippen LogP contribution in [-0.2, 0) is 21.2 Å². The lowest BCUT2D eigenvalue weighted by atomic mass is 10.1. The molecule has 6 heteroatoms. The van der Waals surface area contributed by atoms with Gasteiger partial charge in [0, 0.05) is 31.4 Å². The number of anilines is 1. The fourth-order valence-electron chi connectivity index (χ4n) is 5.00. The smallest absolute Gasteiger partial charge is 0.227 e. The summed E-state index contributed by atoms with van der Waals surface area (Å²) in [5, 5.41) is 0.